The van der Waals surface area contributed by atoms with Crippen molar-refractivity contribution < 1.29 is 23.9 Å². The Balaban J connectivity index is 2.59. The molecule has 0 saturated heterocycles. The van der Waals surface area contributed by atoms with Crippen LogP contribution in [0.25, 0.3) is 0 Å². The number of hydrogen-bond donors (Lipinski definition) is 0. The third-order valence-corrected chi connectivity index (χ3v) is 1.64. The Hall–Kier alpha value is -2.17. The molecule has 0 aliphatic heterocycles. The molecule has 0 aromatic heterocycles. The summed E-state index contributed by atoms with van der Waals surface area (Å²) in [5.74, 6) is -3.36. The molecule has 0 heterocycles. The van der Waals surface area contributed by atoms with Crippen molar-refractivity contribution in [1.82, 2.24) is 0 Å². The molecule has 16 heavy (non-hydrogen) atoms. The summed E-state index contributed by atoms with van der Waals surface area (Å²) in [6.45, 7) is 1.59. The van der Waals surface area contributed by atoms with E-state index in [-0.39, 0.29) is 12.2 Å². The summed E-state index contributed by atoms with van der Waals surface area (Å²) in [5, 5.41) is 0. The van der Waals surface area contributed by atoms with E-state index < -0.39 is 17.9 Å². The van der Waals surface area contributed by atoms with Crippen LogP contribution in [0.2, 0.25) is 0 Å². The van der Waals surface area contributed by atoms with Crippen molar-refractivity contribution in [3.05, 3.63) is 35.9 Å². The third-order valence-electron chi connectivity index (χ3n) is 1.64. The monoisotopic (exact) mass is 222 g/mol. The van der Waals surface area contributed by atoms with Gasteiger partial charge in [-0.2, -0.15) is 0 Å². The molecular formula is C11H10O5. The molecule has 5 nitrogen and oxygen atoms in total. The van der Waals surface area contributed by atoms with Crippen molar-refractivity contribution >= 4 is 17.9 Å². The van der Waals surface area contributed by atoms with E-state index >= 15 is 0 Å². The van der Waals surface area contributed by atoms with Gasteiger partial charge < -0.3 is 9.47 Å². The predicted molar refractivity (Wildman–Crippen MR) is 53.5 cm³/mol. The lowest BCUT2D eigenvalue weighted by Gasteiger charge is -2.01. The average molecular weight is 222 g/mol. The second-order valence-electron chi connectivity index (χ2n) is 2.76. The lowest BCUT2D eigenvalue weighted by Crippen LogP contribution is -2.23. The van der Waals surface area contributed by atoms with Gasteiger partial charge in [0, 0.05) is 0 Å². The van der Waals surface area contributed by atoms with Crippen LogP contribution in [-0.4, -0.2) is 24.5 Å². The minimum Gasteiger partial charge on any atom is -0.458 e. The third kappa shape index (κ3) is 3.20. The summed E-state index contributed by atoms with van der Waals surface area (Å²) in [6, 6.07) is 7.89. The summed E-state index contributed by atoms with van der Waals surface area (Å²) in [7, 11) is 0. The molecule has 0 fully saturated rings. The average Bonchev–Trinajstić information content (AvgIpc) is 2.30. The maximum atomic E-state index is 11.3. The number of carbonyl (C=O) groups is 3. The Kier molecular flexibility index (Phi) is 4.20. The second-order valence-corrected chi connectivity index (χ2v) is 2.76. The highest BCUT2D eigenvalue weighted by molar-refractivity contribution is 6.32. The van der Waals surface area contributed by atoms with E-state index in [0.717, 1.165) is 0 Å². The van der Waals surface area contributed by atoms with Crippen molar-refractivity contribution in [2.24, 2.45) is 0 Å². The van der Waals surface area contributed by atoms with Gasteiger partial charge in [0.2, 0.25) is 0 Å². The highest BCUT2D eigenvalue weighted by Gasteiger charge is 2.21. The van der Waals surface area contributed by atoms with Gasteiger partial charge in [-0.25, -0.2) is 14.4 Å². The summed E-state index contributed by atoms with van der Waals surface area (Å²) >= 11 is 0. The number of carbonyl (C=O) groups excluding carboxylic acids is 3. The van der Waals surface area contributed by atoms with Gasteiger partial charge in [0.05, 0.1) is 12.2 Å². The molecule has 84 valence electrons. The van der Waals surface area contributed by atoms with Crippen LogP contribution in [0.3, 0.4) is 0 Å². The molecule has 0 N–H and O–H groups in total. The van der Waals surface area contributed by atoms with Crippen LogP contribution in [0.1, 0.15) is 17.3 Å². The first-order chi connectivity index (χ1) is 7.65. The molecule has 0 radical (unpaired) electrons. The Morgan fingerprint density at radius 2 is 1.69 bits per heavy atom. The van der Waals surface area contributed by atoms with E-state index in [4.69, 9.17) is 0 Å². The number of hydrogen-bond acceptors (Lipinski definition) is 5. The highest BCUT2D eigenvalue weighted by Crippen LogP contribution is 2.01. The van der Waals surface area contributed by atoms with Gasteiger partial charge in [-0.3, -0.25) is 0 Å². The summed E-state index contributed by atoms with van der Waals surface area (Å²) in [6.07, 6.45) is 0. The Morgan fingerprint density at radius 1 is 1.06 bits per heavy atom. The van der Waals surface area contributed by atoms with Gasteiger partial charge in [0.25, 0.3) is 0 Å². The highest BCUT2D eigenvalue weighted by atomic mass is 16.6. The zero-order valence-corrected chi connectivity index (χ0v) is 8.64. The number of rotatable bonds is 2. The van der Waals surface area contributed by atoms with Crippen LogP contribution >= 0.6 is 0 Å². The van der Waals surface area contributed by atoms with Crippen molar-refractivity contribution in [1.29, 1.82) is 0 Å². The standard InChI is InChI=1S/C11H10O5/c1-2-15-10(13)11(14)16-9(12)8-6-4-3-5-7-8/h3-7H,2H2,1H3. The van der Waals surface area contributed by atoms with Crippen LogP contribution in [0.5, 0.6) is 0 Å². The fourth-order valence-electron chi connectivity index (χ4n) is 0.949. The van der Waals surface area contributed by atoms with Crippen molar-refractivity contribution in [2.75, 3.05) is 6.61 Å². The predicted octanol–water partition coefficient (Wildman–Crippen LogP) is 0.933. The van der Waals surface area contributed by atoms with Crippen LogP contribution < -0.4 is 0 Å². The molecule has 0 aliphatic rings. The number of ether oxygens (including phenoxy) is 2. The van der Waals surface area contributed by atoms with E-state index in [1.54, 1.807) is 25.1 Å². The largest absolute Gasteiger partial charge is 0.458 e. The van der Waals surface area contributed by atoms with Crippen LogP contribution in [0.4, 0.5) is 0 Å². The SMILES string of the molecule is CCOC(=O)C(=O)OC(=O)c1ccccc1. The quantitative estimate of drug-likeness (QED) is 0.423. The summed E-state index contributed by atoms with van der Waals surface area (Å²) in [5.41, 5.74) is 0.195. The van der Waals surface area contributed by atoms with Crippen molar-refractivity contribution in [2.45, 2.75) is 6.92 Å². The van der Waals surface area contributed by atoms with Gasteiger partial charge in [-0.15, -0.1) is 0 Å². The zero-order chi connectivity index (χ0) is 12.0. The van der Waals surface area contributed by atoms with Crippen LogP contribution in [0, 0.1) is 0 Å². The number of esters is 3. The first-order valence-corrected chi connectivity index (χ1v) is 4.63. The van der Waals surface area contributed by atoms with Gasteiger partial charge in [0.15, 0.2) is 0 Å². The molecule has 5 heteroatoms. The molecule has 1 aromatic carbocycles. The molecule has 1 rings (SSSR count). The molecular weight excluding hydrogens is 212 g/mol. The molecule has 1 aromatic rings. The van der Waals surface area contributed by atoms with E-state index in [1.807, 2.05) is 0 Å². The van der Waals surface area contributed by atoms with Gasteiger partial charge in [-0.05, 0) is 19.1 Å². The molecule has 0 unspecified atom stereocenters. The van der Waals surface area contributed by atoms with Gasteiger partial charge >= 0.3 is 17.9 Å². The molecule has 0 saturated carbocycles. The smallest absolute Gasteiger partial charge is 0.425 e. The Morgan fingerprint density at radius 3 is 2.25 bits per heavy atom. The number of benzene rings is 1. The van der Waals surface area contributed by atoms with Crippen molar-refractivity contribution in [3.8, 4) is 0 Å². The minimum atomic E-state index is -1.31. The topological polar surface area (TPSA) is 69.7 Å². The fourth-order valence-corrected chi connectivity index (χ4v) is 0.949. The Labute approximate surface area is 92.0 Å². The van der Waals surface area contributed by atoms with Crippen LogP contribution in [-0.2, 0) is 19.1 Å². The lowest BCUT2D eigenvalue weighted by molar-refractivity contribution is -0.163. The van der Waals surface area contributed by atoms with Crippen molar-refractivity contribution in [3.63, 3.8) is 0 Å². The minimum absolute atomic E-state index is 0.0491. The van der Waals surface area contributed by atoms with E-state index in [1.165, 1.54) is 12.1 Å². The fraction of sp³-hybridized carbons (Fsp3) is 0.182. The van der Waals surface area contributed by atoms with Gasteiger partial charge in [0.1, 0.15) is 0 Å². The summed E-state index contributed by atoms with van der Waals surface area (Å²) < 4.78 is 8.67. The van der Waals surface area contributed by atoms with E-state index in [0.29, 0.717) is 0 Å². The van der Waals surface area contributed by atoms with Crippen LogP contribution in [0.15, 0.2) is 30.3 Å². The Bertz CT molecular complexity index is 396. The first kappa shape index (κ1) is 11.9. The van der Waals surface area contributed by atoms with E-state index in [9.17, 15) is 14.4 Å². The normalized spacial score (nSPS) is 9.31. The first-order valence-electron chi connectivity index (χ1n) is 4.63. The maximum absolute atomic E-state index is 11.3. The molecule has 0 aliphatic carbocycles. The zero-order valence-electron chi connectivity index (χ0n) is 8.64. The van der Waals surface area contributed by atoms with Gasteiger partial charge in [-0.1, -0.05) is 18.2 Å². The molecule has 0 spiro atoms. The molecule has 0 amide bonds. The second kappa shape index (κ2) is 5.65. The summed E-state index contributed by atoms with van der Waals surface area (Å²) in [4.78, 5) is 33.2. The molecule has 0 bridgehead atoms. The molecule has 0 atom stereocenters. The van der Waals surface area contributed by atoms with E-state index in [2.05, 4.69) is 9.47 Å². The maximum Gasteiger partial charge on any atom is 0.425 e. The lowest BCUT2D eigenvalue weighted by atomic mass is 10.2.